The molecule has 1 unspecified atom stereocenters. The van der Waals surface area contributed by atoms with Crippen molar-refractivity contribution in [3.05, 3.63) is 59.2 Å². The highest BCUT2D eigenvalue weighted by Gasteiger charge is 2.34. The number of anilines is 1. The number of amides is 1. The van der Waals surface area contributed by atoms with Crippen LogP contribution in [0.3, 0.4) is 0 Å². The summed E-state index contributed by atoms with van der Waals surface area (Å²) in [6.45, 7) is 7.13. The van der Waals surface area contributed by atoms with Gasteiger partial charge in [-0.1, -0.05) is 6.07 Å². The van der Waals surface area contributed by atoms with Crippen molar-refractivity contribution in [2.24, 2.45) is 5.92 Å². The number of ketones is 1. The van der Waals surface area contributed by atoms with Crippen LogP contribution in [0.15, 0.2) is 47.4 Å². The third kappa shape index (κ3) is 5.90. The van der Waals surface area contributed by atoms with Gasteiger partial charge in [0, 0.05) is 31.3 Å². The van der Waals surface area contributed by atoms with Crippen LogP contribution in [0, 0.1) is 19.8 Å². The van der Waals surface area contributed by atoms with Crippen LogP contribution in [-0.2, 0) is 24.3 Å². The molecule has 182 valence electrons. The summed E-state index contributed by atoms with van der Waals surface area (Å²) in [6.07, 6.45) is -0.318. The number of sulfonamides is 1. The number of hydrogen-bond donors (Lipinski definition) is 1. The topological polar surface area (TPSA) is 110 Å². The fraction of sp³-hybridized carbons (Fsp3) is 0.400. The molecule has 34 heavy (non-hydrogen) atoms. The minimum absolute atomic E-state index is 0.210. The van der Waals surface area contributed by atoms with Gasteiger partial charge in [-0.15, -0.1) is 0 Å². The molecule has 0 aliphatic carbocycles. The van der Waals surface area contributed by atoms with E-state index in [1.807, 2.05) is 13.8 Å². The minimum atomic E-state index is -3.63. The molecule has 1 N–H and O–H groups in total. The second kappa shape index (κ2) is 10.5. The third-order valence-electron chi connectivity index (χ3n) is 6.06. The Bertz CT molecular complexity index is 1180. The predicted octanol–water partition coefficient (Wildman–Crippen LogP) is 3.48. The van der Waals surface area contributed by atoms with E-state index in [0.29, 0.717) is 24.1 Å². The van der Waals surface area contributed by atoms with E-state index in [9.17, 15) is 22.8 Å². The summed E-state index contributed by atoms with van der Waals surface area (Å²) in [5.74, 6) is -1.53. The van der Waals surface area contributed by atoms with Gasteiger partial charge < -0.3 is 10.1 Å². The van der Waals surface area contributed by atoms with Crippen molar-refractivity contribution in [1.29, 1.82) is 0 Å². The second-order valence-corrected chi connectivity index (χ2v) is 10.6. The number of aryl methyl sites for hydroxylation is 2. The number of benzene rings is 2. The Kier molecular flexibility index (Phi) is 7.89. The Morgan fingerprint density at radius 1 is 1.00 bits per heavy atom. The van der Waals surface area contributed by atoms with Gasteiger partial charge in [-0.3, -0.25) is 14.4 Å². The number of rotatable bonds is 7. The first kappa shape index (κ1) is 25.6. The van der Waals surface area contributed by atoms with Crippen molar-refractivity contribution in [2.75, 3.05) is 18.4 Å². The average Bonchev–Trinajstić information content (AvgIpc) is 2.80. The molecule has 1 heterocycles. The SMILES string of the molecule is CC(=O)Nc1ccc(C(=O)C(C)OC(=O)C2CCN(S(=O)(=O)c3ccc(C)c(C)c3)CC2)cc1. The smallest absolute Gasteiger partial charge is 0.309 e. The van der Waals surface area contributed by atoms with E-state index in [1.54, 1.807) is 42.5 Å². The highest BCUT2D eigenvalue weighted by atomic mass is 32.2. The maximum Gasteiger partial charge on any atom is 0.309 e. The first-order valence-electron chi connectivity index (χ1n) is 11.2. The average molecular weight is 487 g/mol. The zero-order chi connectivity index (χ0) is 25.0. The lowest BCUT2D eigenvalue weighted by molar-refractivity contribution is -0.152. The van der Waals surface area contributed by atoms with Gasteiger partial charge in [0.05, 0.1) is 10.8 Å². The minimum Gasteiger partial charge on any atom is -0.454 e. The summed E-state index contributed by atoms with van der Waals surface area (Å²) < 4.78 is 32.8. The van der Waals surface area contributed by atoms with Crippen molar-refractivity contribution < 1.29 is 27.5 Å². The quantitative estimate of drug-likeness (QED) is 0.474. The lowest BCUT2D eigenvalue weighted by atomic mass is 9.98. The number of Topliss-reactive ketones (excluding diaryl/α,β-unsaturated/α-hetero) is 1. The van der Waals surface area contributed by atoms with Crippen molar-refractivity contribution in [1.82, 2.24) is 4.31 Å². The summed E-state index contributed by atoms with van der Waals surface area (Å²) in [5, 5.41) is 2.62. The molecular weight excluding hydrogens is 456 g/mol. The van der Waals surface area contributed by atoms with E-state index in [-0.39, 0.29) is 29.7 Å². The van der Waals surface area contributed by atoms with Gasteiger partial charge >= 0.3 is 5.97 Å². The number of hydrogen-bond acceptors (Lipinski definition) is 6. The molecule has 1 saturated heterocycles. The van der Waals surface area contributed by atoms with Crippen LogP contribution in [-0.4, -0.2) is 49.6 Å². The van der Waals surface area contributed by atoms with Gasteiger partial charge in [0.15, 0.2) is 6.10 Å². The van der Waals surface area contributed by atoms with Crippen LogP contribution in [0.2, 0.25) is 0 Å². The fourth-order valence-electron chi connectivity index (χ4n) is 3.84. The number of piperidine rings is 1. The highest BCUT2D eigenvalue weighted by Crippen LogP contribution is 2.26. The number of carbonyl (C=O) groups is 3. The van der Waals surface area contributed by atoms with Crippen molar-refractivity contribution >= 4 is 33.4 Å². The van der Waals surface area contributed by atoms with Crippen molar-refractivity contribution in [3.63, 3.8) is 0 Å². The van der Waals surface area contributed by atoms with Gasteiger partial charge in [-0.05, 0) is 81.1 Å². The molecule has 0 bridgehead atoms. The number of nitrogens with one attached hydrogen (secondary N) is 1. The molecule has 2 aromatic carbocycles. The molecule has 0 saturated carbocycles. The molecule has 2 aromatic rings. The third-order valence-corrected chi connectivity index (χ3v) is 7.95. The summed E-state index contributed by atoms with van der Waals surface area (Å²) in [7, 11) is -3.63. The van der Waals surface area contributed by atoms with Gasteiger partial charge in [0.25, 0.3) is 0 Å². The van der Waals surface area contributed by atoms with Gasteiger partial charge in [-0.2, -0.15) is 4.31 Å². The van der Waals surface area contributed by atoms with E-state index < -0.39 is 28.0 Å². The molecule has 1 aliphatic heterocycles. The van der Waals surface area contributed by atoms with Crippen LogP contribution in [0.5, 0.6) is 0 Å². The molecule has 1 fully saturated rings. The number of esters is 1. The molecule has 3 rings (SSSR count). The van der Waals surface area contributed by atoms with Crippen LogP contribution in [0.1, 0.15) is 48.2 Å². The standard InChI is InChI=1S/C25H30N2O6S/c1-16-5-10-23(15-17(16)2)34(31,32)27-13-11-21(12-14-27)25(30)33-18(3)24(29)20-6-8-22(9-7-20)26-19(4)28/h5-10,15,18,21H,11-14H2,1-4H3,(H,26,28). The number of ether oxygens (including phenoxy) is 1. The number of nitrogens with zero attached hydrogens (tertiary/aromatic N) is 1. The first-order chi connectivity index (χ1) is 16.0. The van der Waals surface area contributed by atoms with E-state index in [2.05, 4.69) is 5.32 Å². The van der Waals surface area contributed by atoms with Crippen LogP contribution < -0.4 is 5.32 Å². The Morgan fingerprint density at radius 3 is 2.18 bits per heavy atom. The van der Waals surface area contributed by atoms with E-state index in [1.165, 1.54) is 18.2 Å². The van der Waals surface area contributed by atoms with E-state index in [0.717, 1.165) is 11.1 Å². The zero-order valence-electron chi connectivity index (χ0n) is 19.8. The fourth-order valence-corrected chi connectivity index (χ4v) is 5.39. The maximum absolute atomic E-state index is 13.0. The largest absolute Gasteiger partial charge is 0.454 e. The van der Waals surface area contributed by atoms with E-state index >= 15 is 0 Å². The normalized spacial score (nSPS) is 16.0. The molecule has 1 aliphatic rings. The highest BCUT2D eigenvalue weighted by molar-refractivity contribution is 7.89. The Hall–Kier alpha value is -3.04. The van der Waals surface area contributed by atoms with Crippen LogP contribution in [0.4, 0.5) is 5.69 Å². The summed E-state index contributed by atoms with van der Waals surface area (Å²) in [4.78, 5) is 36.6. The molecule has 1 amide bonds. The van der Waals surface area contributed by atoms with Crippen LogP contribution in [0.25, 0.3) is 0 Å². The molecule has 0 spiro atoms. The predicted molar refractivity (Wildman–Crippen MR) is 128 cm³/mol. The summed E-state index contributed by atoms with van der Waals surface area (Å²) >= 11 is 0. The molecule has 0 radical (unpaired) electrons. The lowest BCUT2D eigenvalue weighted by Crippen LogP contribution is -2.41. The maximum atomic E-state index is 13.0. The van der Waals surface area contributed by atoms with Crippen molar-refractivity contribution in [3.8, 4) is 0 Å². The first-order valence-corrected chi connectivity index (χ1v) is 12.6. The monoisotopic (exact) mass is 486 g/mol. The Labute approximate surface area is 200 Å². The van der Waals surface area contributed by atoms with Crippen molar-refractivity contribution in [2.45, 2.75) is 51.5 Å². The second-order valence-electron chi connectivity index (χ2n) is 8.63. The van der Waals surface area contributed by atoms with Gasteiger partial charge in [0.2, 0.25) is 21.7 Å². The number of carbonyl (C=O) groups excluding carboxylic acids is 3. The van der Waals surface area contributed by atoms with Crippen LogP contribution >= 0.6 is 0 Å². The summed E-state index contributed by atoms with van der Waals surface area (Å²) in [6, 6.07) is 11.4. The molecule has 1 atom stereocenters. The molecule has 0 aromatic heterocycles. The Balaban J connectivity index is 1.56. The molecular formula is C25H30N2O6S. The van der Waals surface area contributed by atoms with Gasteiger partial charge in [-0.25, -0.2) is 8.42 Å². The lowest BCUT2D eigenvalue weighted by Gasteiger charge is -2.30. The zero-order valence-corrected chi connectivity index (χ0v) is 20.6. The molecule has 8 nitrogen and oxygen atoms in total. The van der Waals surface area contributed by atoms with Gasteiger partial charge in [0.1, 0.15) is 0 Å². The summed E-state index contributed by atoms with van der Waals surface area (Å²) in [5.41, 5.74) is 2.86. The Morgan fingerprint density at radius 2 is 1.62 bits per heavy atom. The molecule has 9 heteroatoms. The van der Waals surface area contributed by atoms with E-state index in [4.69, 9.17) is 4.74 Å².